The van der Waals surface area contributed by atoms with Crippen molar-refractivity contribution in [2.75, 3.05) is 0 Å². The van der Waals surface area contributed by atoms with Crippen molar-refractivity contribution >= 4 is 5.78 Å². The smallest absolute Gasteiger partial charge is 0.133 e. The summed E-state index contributed by atoms with van der Waals surface area (Å²) in [5.41, 5.74) is 0.391. The number of carbonyl (C=O) groups is 1. The fourth-order valence-electron chi connectivity index (χ4n) is 2.15. The number of carbonyl (C=O) groups excluding carboxylic acids is 1. The van der Waals surface area contributed by atoms with Gasteiger partial charge in [0.1, 0.15) is 5.78 Å². The first-order chi connectivity index (χ1) is 5.47. The lowest BCUT2D eigenvalue weighted by molar-refractivity contribution is -0.121. The topological polar surface area (TPSA) is 17.1 Å². The van der Waals surface area contributed by atoms with Crippen molar-refractivity contribution in [3.8, 4) is 0 Å². The van der Waals surface area contributed by atoms with Gasteiger partial charge in [0.15, 0.2) is 0 Å². The minimum Gasteiger partial charge on any atom is -0.300 e. The van der Waals surface area contributed by atoms with Gasteiger partial charge in [-0.3, -0.25) is 4.79 Å². The average Bonchev–Trinajstić information content (AvgIpc) is 1.82. The van der Waals surface area contributed by atoms with Gasteiger partial charge in [0.25, 0.3) is 0 Å². The standard InChI is InChI=1S/C11H20O/c1-11(2,3)8-9-5-4-6-10(12)7-9/h9H,4-8H2,1-3H3. The van der Waals surface area contributed by atoms with Crippen LogP contribution in [0.1, 0.15) is 52.9 Å². The van der Waals surface area contributed by atoms with Crippen LogP contribution in [0.2, 0.25) is 0 Å². The molecule has 0 aromatic heterocycles. The highest BCUT2D eigenvalue weighted by molar-refractivity contribution is 5.79. The predicted octanol–water partition coefficient (Wildman–Crippen LogP) is 3.18. The lowest BCUT2D eigenvalue weighted by Crippen LogP contribution is -2.20. The molecule has 0 aromatic rings. The van der Waals surface area contributed by atoms with Gasteiger partial charge in [-0.1, -0.05) is 20.8 Å². The molecule has 1 heteroatoms. The molecule has 1 saturated carbocycles. The third-order valence-corrected chi connectivity index (χ3v) is 2.49. The van der Waals surface area contributed by atoms with Gasteiger partial charge in [0.05, 0.1) is 0 Å². The van der Waals surface area contributed by atoms with E-state index in [0.29, 0.717) is 17.1 Å². The number of Topliss-reactive ketones (excluding diaryl/α,β-unsaturated/α-hetero) is 1. The molecule has 0 N–H and O–H groups in total. The first-order valence-electron chi connectivity index (χ1n) is 4.99. The monoisotopic (exact) mass is 168 g/mol. The predicted molar refractivity (Wildman–Crippen MR) is 51.0 cm³/mol. The Morgan fingerprint density at radius 2 is 2.08 bits per heavy atom. The summed E-state index contributed by atoms with van der Waals surface area (Å²) in [6, 6.07) is 0. The van der Waals surface area contributed by atoms with Gasteiger partial charge >= 0.3 is 0 Å². The fourth-order valence-corrected chi connectivity index (χ4v) is 2.15. The average molecular weight is 168 g/mol. The van der Waals surface area contributed by atoms with Crippen molar-refractivity contribution in [2.24, 2.45) is 11.3 Å². The van der Waals surface area contributed by atoms with Crippen molar-refractivity contribution < 1.29 is 4.79 Å². The summed E-state index contributed by atoms with van der Waals surface area (Å²) in [6.07, 6.45) is 5.28. The van der Waals surface area contributed by atoms with Gasteiger partial charge in [0.2, 0.25) is 0 Å². The number of hydrogen-bond donors (Lipinski definition) is 0. The Bertz CT molecular complexity index is 164. The van der Waals surface area contributed by atoms with Gasteiger partial charge in [0, 0.05) is 12.8 Å². The molecule has 1 aliphatic rings. The lowest BCUT2D eigenvalue weighted by atomic mass is 9.77. The molecular weight excluding hydrogens is 148 g/mol. The molecule has 70 valence electrons. The van der Waals surface area contributed by atoms with Crippen LogP contribution in [0.3, 0.4) is 0 Å². The molecule has 1 atom stereocenters. The molecule has 1 fully saturated rings. The molecule has 0 saturated heterocycles. The highest BCUT2D eigenvalue weighted by Crippen LogP contribution is 2.32. The summed E-state index contributed by atoms with van der Waals surface area (Å²) >= 11 is 0. The van der Waals surface area contributed by atoms with Gasteiger partial charge in [-0.25, -0.2) is 0 Å². The Kier molecular flexibility index (Phi) is 2.92. The molecule has 0 heterocycles. The molecule has 0 spiro atoms. The largest absolute Gasteiger partial charge is 0.300 e. The van der Waals surface area contributed by atoms with Crippen LogP contribution >= 0.6 is 0 Å². The first-order valence-corrected chi connectivity index (χ1v) is 4.99. The van der Waals surface area contributed by atoms with Crippen LogP contribution in [0.25, 0.3) is 0 Å². The highest BCUT2D eigenvalue weighted by atomic mass is 16.1. The van der Waals surface area contributed by atoms with Gasteiger partial charge in [-0.05, 0) is 30.6 Å². The zero-order valence-electron chi connectivity index (χ0n) is 8.52. The summed E-state index contributed by atoms with van der Waals surface area (Å²) in [6.45, 7) is 6.77. The van der Waals surface area contributed by atoms with Crippen LogP contribution in [-0.4, -0.2) is 5.78 Å². The first kappa shape index (κ1) is 9.76. The van der Waals surface area contributed by atoms with E-state index in [4.69, 9.17) is 0 Å². The van der Waals surface area contributed by atoms with E-state index in [1.54, 1.807) is 0 Å². The molecule has 1 rings (SSSR count). The number of hydrogen-bond acceptors (Lipinski definition) is 1. The Hall–Kier alpha value is -0.330. The van der Waals surface area contributed by atoms with Crippen molar-refractivity contribution in [1.82, 2.24) is 0 Å². The number of rotatable bonds is 1. The second-order valence-electron chi connectivity index (χ2n) is 5.27. The second kappa shape index (κ2) is 3.59. The molecule has 1 nitrogen and oxygen atoms in total. The molecule has 12 heavy (non-hydrogen) atoms. The van der Waals surface area contributed by atoms with E-state index in [-0.39, 0.29) is 0 Å². The molecule has 0 aromatic carbocycles. The van der Waals surface area contributed by atoms with Crippen molar-refractivity contribution in [1.29, 1.82) is 0 Å². The maximum Gasteiger partial charge on any atom is 0.133 e. The molecule has 0 bridgehead atoms. The Morgan fingerprint density at radius 3 is 2.58 bits per heavy atom. The van der Waals surface area contributed by atoms with Crippen LogP contribution in [0.4, 0.5) is 0 Å². The summed E-state index contributed by atoms with van der Waals surface area (Å²) in [5, 5.41) is 0. The van der Waals surface area contributed by atoms with E-state index in [9.17, 15) is 4.79 Å². The van der Waals surface area contributed by atoms with Gasteiger partial charge in [-0.15, -0.1) is 0 Å². The fraction of sp³-hybridized carbons (Fsp3) is 0.909. The minimum atomic E-state index is 0.391. The van der Waals surface area contributed by atoms with Crippen LogP contribution in [0.5, 0.6) is 0 Å². The van der Waals surface area contributed by atoms with E-state index < -0.39 is 0 Å². The van der Waals surface area contributed by atoms with Crippen molar-refractivity contribution in [3.63, 3.8) is 0 Å². The highest BCUT2D eigenvalue weighted by Gasteiger charge is 2.23. The molecule has 0 amide bonds. The summed E-state index contributed by atoms with van der Waals surface area (Å²) < 4.78 is 0. The molecule has 0 radical (unpaired) electrons. The van der Waals surface area contributed by atoms with E-state index in [0.717, 1.165) is 19.3 Å². The van der Waals surface area contributed by atoms with Crippen molar-refractivity contribution in [3.05, 3.63) is 0 Å². The molecule has 1 unspecified atom stereocenters. The van der Waals surface area contributed by atoms with E-state index in [2.05, 4.69) is 20.8 Å². The van der Waals surface area contributed by atoms with Crippen LogP contribution < -0.4 is 0 Å². The van der Waals surface area contributed by atoms with Crippen LogP contribution in [-0.2, 0) is 4.79 Å². The third-order valence-electron chi connectivity index (χ3n) is 2.49. The van der Waals surface area contributed by atoms with E-state index in [1.807, 2.05) is 0 Å². The second-order valence-corrected chi connectivity index (χ2v) is 5.27. The molecule has 1 aliphatic carbocycles. The quantitative estimate of drug-likeness (QED) is 0.587. The minimum absolute atomic E-state index is 0.391. The van der Waals surface area contributed by atoms with Gasteiger partial charge in [-0.2, -0.15) is 0 Å². The zero-order valence-corrected chi connectivity index (χ0v) is 8.52. The Morgan fingerprint density at radius 1 is 1.42 bits per heavy atom. The number of ketones is 1. The van der Waals surface area contributed by atoms with E-state index in [1.165, 1.54) is 12.8 Å². The maximum absolute atomic E-state index is 11.2. The summed E-state index contributed by atoms with van der Waals surface area (Å²) in [5.74, 6) is 1.15. The lowest BCUT2D eigenvalue weighted by Gasteiger charge is -2.28. The van der Waals surface area contributed by atoms with Crippen LogP contribution in [0.15, 0.2) is 0 Å². The summed E-state index contributed by atoms with van der Waals surface area (Å²) in [4.78, 5) is 11.2. The van der Waals surface area contributed by atoms with E-state index >= 15 is 0 Å². The van der Waals surface area contributed by atoms with Crippen molar-refractivity contribution in [2.45, 2.75) is 52.9 Å². The van der Waals surface area contributed by atoms with Crippen LogP contribution in [0, 0.1) is 11.3 Å². The normalized spacial score (nSPS) is 25.9. The third kappa shape index (κ3) is 3.38. The Balaban J connectivity index is 2.37. The Labute approximate surface area is 75.5 Å². The SMILES string of the molecule is CC(C)(C)CC1CCCC(=O)C1. The maximum atomic E-state index is 11.2. The summed E-state index contributed by atoms with van der Waals surface area (Å²) in [7, 11) is 0. The molecule has 0 aliphatic heterocycles. The van der Waals surface area contributed by atoms with Gasteiger partial charge < -0.3 is 0 Å². The zero-order chi connectivity index (χ0) is 9.19. The molecular formula is C11H20O.